The van der Waals surface area contributed by atoms with Crippen molar-refractivity contribution < 1.29 is 18.8 Å². The molecule has 8 heteroatoms. The summed E-state index contributed by atoms with van der Waals surface area (Å²) in [6, 6.07) is -0.161. The van der Waals surface area contributed by atoms with Gasteiger partial charge < -0.3 is 14.0 Å². The second-order valence-corrected chi connectivity index (χ2v) is 10.2. The fraction of sp³-hybridized carbons (Fsp3) is 0.722. The van der Waals surface area contributed by atoms with E-state index < -0.39 is 28.3 Å². The molecule has 3 atom stereocenters. The van der Waals surface area contributed by atoms with Crippen LogP contribution < -0.4 is 4.90 Å². The van der Waals surface area contributed by atoms with Crippen molar-refractivity contribution in [3.05, 3.63) is 11.8 Å². The van der Waals surface area contributed by atoms with E-state index in [9.17, 15) is 9.35 Å². The zero-order chi connectivity index (χ0) is 19.5. The molecule has 2 aliphatic heterocycles. The number of hydrogen-bond donors (Lipinski definition) is 0. The lowest BCUT2D eigenvalue weighted by Crippen LogP contribution is -2.57. The highest BCUT2D eigenvalue weighted by Gasteiger charge is 2.57. The first-order valence-electron chi connectivity index (χ1n) is 8.71. The SMILES string of the molecule is C[S+]([O-])c1ncc2c(n1)N(C(=O)OC(C)(C)C)[C@@H]1CC(C)(C)OC[C@]21C. The van der Waals surface area contributed by atoms with Gasteiger partial charge in [-0.15, -0.1) is 0 Å². The topological polar surface area (TPSA) is 87.6 Å². The Kier molecular flexibility index (Phi) is 4.53. The van der Waals surface area contributed by atoms with Crippen LogP contribution in [-0.2, 0) is 26.1 Å². The smallest absolute Gasteiger partial charge is 0.416 e. The van der Waals surface area contributed by atoms with Crippen molar-refractivity contribution in [3.63, 3.8) is 0 Å². The van der Waals surface area contributed by atoms with Gasteiger partial charge >= 0.3 is 11.2 Å². The van der Waals surface area contributed by atoms with Crippen LogP contribution in [0.15, 0.2) is 11.4 Å². The van der Waals surface area contributed by atoms with E-state index in [2.05, 4.69) is 16.9 Å². The van der Waals surface area contributed by atoms with Crippen LogP contribution >= 0.6 is 0 Å². The van der Waals surface area contributed by atoms with Crippen molar-refractivity contribution in [2.45, 2.75) is 75.8 Å². The summed E-state index contributed by atoms with van der Waals surface area (Å²) >= 11 is -1.34. The molecule has 26 heavy (non-hydrogen) atoms. The second-order valence-electron chi connectivity index (χ2n) is 8.88. The molecule has 0 aromatic carbocycles. The van der Waals surface area contributed by atoms with Crippen molar-refractivity contribution >= 4 is 23.1 Å². The Morgan fingerprint density at radius 2 is 2.08 bits per heavy atom. The monoisotopic (exact) mass is 381 g/mol. The van der Waals surface area contributed by atoms with Crippen LogP contribution in [0.4, 0.5) is 10.6 Å². The molecule has 0 aliphatic carbocycles. The molecular weight excluding hydrogens is 354 g/mol. The molecule has 0 N–H and O–H groups in total. The second kappa shape index (κ2) is 6.07. The van der Waals surface area contributed by atoms with Gasteiger partial charge in [0, 0.05) is 28.4 Å². The number of aromatic nitrogens is 2. The summed E-state index contributed by atoms with van der Waals surface area (Å²) in [6.45, 7) is 12.0. The Morgan fingerprint density at radius 1 is 1.42 bits per heavy atom. The van der Waals surface area contributed by atoms with Crippen LogP contribution in [0, 0.1) is 0 Å². The molecule has 144 valence electrons. The maximum atomic E-state index is 13.0. The molecular formula is C18H27N3O4S. The van der Waals surface area contributed by atoms with Crippen molar-refractivity contribution in [1.82, 2.24) is 9.97 Å². The summed E-state index contributed by atoms with van der Waals surface area (Å²) in [5.74, 6) is 0.480. The summed E-state index contributed by atoms with van der Waals surface area (Å²) in [5.41, 5.74) is -0.593. The Labute approximate surface area is 157 Å². The third kappa shape index (κ3) is 3.30. The Bertz CT molecular complexity index is 732. The summed E-state index contributed by atoms with van der Waals surface area (Å²) in [4.78, 5) is 23.4. The molecule has 7 nitrogen and oxygen atoms in total. The number of nitrogens with zero attached hydrogens (tertiary/aromatic N) is 3. The lowest BCUT2D eigenvalue weighted by atomic mass is 9.74. The Balaban J connectivity index is 2.11. The van der Waals surface area contributed by atoms with Gasteiger partial charge in [0.05, 0.1) is 18.2 Å². The first-order chi connectivity index (χ1) is 11.8. The first-order valence-corrected chi connectivity index (χ1v) is 10.3. The van der Waals surface area contributed by atoms with Gasteiger partial charge in [-0.3, -0.25) is 4.90 Å². The van der Waals surface area contributed by atoms with Crippen molar-refractivity contribution in [3.8, 4) is 0 Å². The molecule has 1 aromatic rings. The average Bonchev–Trinajstić information content (AvgIpc) is 2.73. The molecule has 1 fully saturated rings. The summed E-state index contributed by atoms with van der Waals surface area (Å²) in [6.07, 6.45) is 3.40. The van der Waals surface area contributed by atoms with E-state index in [1.54, 1.807) is 11.1 Å². The molecule has 1 amide bonds. The predicted octanol–water partition coefficient (Wildman–Crippen LogP) is 2.79. The number of anilines is 1. The zero-order valence-corrected chi connectivity index (χ0v) is 17.3. The van der Waals surface area contributed by atoms with Gasteiger partial charge in [-0.2, -0.15) is 9.97 Å². The van der Waals surface area contributed by atoms with E-state index in [-0.39, 0.29) is 16.8 Å². The number of hydrogen-bond acceptors (Lipinski definition) is 6. The standard InChI is InChI=1S/C18H27N3O4S/c1-16(2,3)25-15(22)21-12-8-17(4,5)24-10-18(12,6)11-9-19-14(26(7)23)20-13(11)21/h9,12H,8,10H2,1-7H3/t12-,18-,26?/m1/s1. The first kappa shape index (κ1) is 19.4. The van der Waals surface area contributed by atoms with Gasteiger partial charge in [0.2, 0.25) is 0 Å². The number of rotatable bonds is 1. The molecule has 0 spiro atoms. The van der Waals surface area contributed by atoms with E-state index in [0.29, 0.717) is 18.8 Å². The molecule has 0 radical (unpaired) electrons. The number of ether oxygens (including phenoxy) is 2. The molecule has 3 heterocycles. The van der Waals surface area contributed by atoms with Crippen molar-refractivity contribution in [1.29, 1.82) is 0 Å². The lowest BCUT2D eigenvalue weighted by Gasteiger charge is -2.45. The van der Waals surface area contributed by atoms with Crippen LogP contribution in [0.1, 0.15) is 53.5 Å². The summed E-state index contributed by atoms with van der Waals surface area (Å²) in [5, 5.41) is 0.208. The fourth-order valence-corrected chi connectivity index (χ4v) is 4.00. The van der Waals surface area contributed by atoms with Crippen LogP contribution in [0.3, 0.4) is 0 Å². The highest BCUT2D eigenvalue weighted by molar-refractivity contribution is 7.90. The quantitative estimate of drug-likeness (QED) is 0.549. The van der Waals surface area contributed by atoms with Crippen LogP contribution in [0.5, 0.6) is 0 Å². The van der Waals surface area contributed by atoms with Crippen LogP contribution in [0.25, 0.3) is 0 Å². The van der Waals surface area contributed by atoms with Gasteiger partial charge in [0.15, 0.2) is 5.82 Å². The summed E-state index contributed by atoms with van der Waals surface area (Å²) < 4.78 is 23.6. The Morgan fingerprint density at radius 3 is 2.65 bits per heavy atom. The van der Waals surface area contributed by atoms with Gasteiger partial charge in [0.1, 0.15) is 11.9 Å². The molecule has 0 bridgehead atoms. The number of fused-ring (bicyclic) bond motifs is 3. The van der Waals surface area contributed by atoms with E-state index in [4.69, 9.17) is 9.47 Å². The van der Waals surface area contributed by atoms with Gasteiger partial charge in [-0.05, 0) is 41.0 Å². The summed E-state index contributed by atoms with van der Waals surface area (Å²) in [7, 11) is 0. The molecule has 1 unspecified atom stereocenters. The van der Waals surface area contributed by atoms with Crippen LogP contribution in [-0.4, -0.2) is 50.7 Å². The van der Waals surface area contributed by atoms with Crippen molar-refractivity contribution in [2.24, 2.45) is 0 Å². The minimum absolute atomic E-state index is 0.161. The Hall–Kier alpha value is -1.38. The number of amides is 1. The lowest BCUT2D eigenvalue weighted by molar-refractivity contribution is -0.0904. The van der Waals surface area contributed by atoms with Crippen molar-refractivity contribution in [2.75, 3.05) is 17.8 Å². The molecule has 0 saturated carbocycles. The van der Waals surface area contributed by atoms with E-state index in [1.807, 2.05) is 34.6 Å². The molecule has 1 aromatic heterocycles. The largest absolute Gasteiger partial charge is 0.609 e. The third-order valence-electron chi connectivity index (χ3n) is 4.93. The maximum absolute atomic E-state index is 13.0. The minimum Gasteiger partial charge on any atom is -0.609 e. The number of carbonyl (C=O) groups is 1. The molecule has 1 saturated heterocycles. The highest BCUT2D eigenvalue weighted by atomic mass is 32.2. The number of carbonyl (C=O) groups excluding carboxylic acids is 1. The van der Waals surface area contributed by atoms with Gasteiger partial charge in [-0.25, -0.2) is 4.79 Å². The third-order valence-corrected chi connectivity index (χ3v) is 5.64. The van der Waals surface area contributed by atoms with E-state index in [0.717, 1.165) is 5.56 Å². The van der Waals surface area contributed by atoms with Gasteiger partial charge in [0.25, 0.3) is 0 Å². The van der Waals surface area contributed by atoms with E-state index >= 15 is 0 Å². The zero-order valence-electron chi connectivity index (χ0n) is 16.5. The van der Waals surface area contributed by atoms with Gasteiger partial charge in [-0.1, -0.05) is 6.92 Å². The van der Waals surface area contributed by atoms with E-state index in [1.165, 1.54) is 6.26 Å². The average molecular weight is 381 g/mol. The van der Waals surface area contributed by atoms with Crippen LogP contribution in [0.2, 0.25) is 0 Å². The highest BCUT2D eigenvalue weighted by Crippen LogP contribution is 2.50. The minimum atomic E-state index is -1.34. The molecule has 2 aliphatic rings. The fourth-order valence-electron chi connectivity index (χ4n) is 3.58. The maximum Gasteiger partial charge on any atom is 0.416 e. The normalized spacial score (nSPS) is 28.3. The molecule has 3 rings (SSSR count). The predicted molar refractivity (Wildman–Crippen MR) is 98.9 cm³/mol.